The van der Waals surface area contributed by atoms with Crippen LogP contribution in [0.25, 0.3) is 12.2 Å². The predicted octanol–water partition coefficient (Wildman–Crippen LogP) is 2.65. The molecule has 0 fully saturated rings. The van der Waals surface area contributed by atoms with Crippen LogP contribution in [0.15, 0.2) is 47.9 Å². The van der Waals surface area contributed by atoms with Crippen molar-refractivity contribution in [3.63, 3.8) is 0 Å². The Morgan fingerprint density at radius 2 is 1.38 bits per heavy atom. The van der Waals surface area contributed by atoms with Gasteiger partial charge in [0.1, 0.15) is 0 Å². The lowest BCUT2D eigenvalue weighted by atomic mass is 10.1. The number of nitrogens with zero attached hydrogens (tertiary/aromatic N) is 2. The third-order valence-electron chi connectivity index (χ3n) is 3.91. The van der Waals surface area contributed by atoms with E-state index in [1.807, 2.05) is 0 Å². The Bertz CT molecular complexity index is 1220. The van der Waals surface area contributed by atoms with Gasteiger partial charge in [-0.25, -0.2) is 13.1 Å². The van der Waals surface area contributed by atoms with Crippen molar-refractivity contribution in [2.45, 2.75) is 0 Å². The summed E-state index contributed by atoms with van der Waals surface area (Å²) in [7, 11) is -1.69. The summed E-state index contributed by atoms with van der Waals surface area (Å²) in [5, 5.41) is 22.7. The van der Waals surface area contributed by atoms with Gasteiger partial charge in [0.25, 0.3) is 15.9 Å². The lowest BCUT2D eigenvalue weighted by molar-refractivity contribution is -0.385. The Kier molecular flexibility index (Phi) is 7.63. The minimum Gasteiger partial charge on any atom is -0.490 e. The number of amides is 1. The molecule has 2 aromatic rings. The van der Waals surface area contributed by atoms with Gasteiger partial charge in [0.05, 0.1) is 29.5 Å². The van der Waals surface area contributed by atoms with E-state index in [0.29, 0.717) is 5.41 Å². The quantitative estimate of drug-likeness (QED) is 0.334. The molecule has 0 heterocycles. The summed E-state index contributed by atoms with van der Waals surface area (Å²) in [6.45, 7) is 0. The minimum atomic E-state index is -4.23. The van der Waals surface area contributed by atoms with Crippen LogP contribution in [0.5, 0.6) is 11.5 Å². The predicted molar refractivity (Wildman–Crippen MR) is 114 cm³/mol. The molecule has 0 aliphatic rings. The Morgan fingerprint density at radius 1 is 0.906 bits per heavy atom. The molecule has 2 rings (SSSR count). The topological polar surface area (TPSA) is 168 Å². The van der Waals surface area contributed by atoms with Crippen molar-refractivity contribution in [1.82, 2.24) is 4.72 Å². The lowest BCUT2D eigenvalue weighted by Gasteiger charge is -2.03. The molecular weight excluding hydrogens is 446 g/mol. The molecule has 0 bridgehead atoms. The summed E-state index contributed by atoms with van der Waals surface area (Å²) in [6.07, 6.45) is 3.14. The van der Waals surface area contributed by atoms with Crippen LogP contribution in [-0.2, 0) is 14.8 Å². The van der Waals surface area contributed by atoms with E-state index in [4.69, 9.17) is 9.47 Å². The third-order valence-corrected chi connectivity index (χ3v) is 4.89. The number of hydrogen-bond acceptors (Lipinski definition) is 9. The van der Waals surface area contributed by atoms with Crippen LogP contribution in [0, 0.1) is 20.2 Å². The van der Waals surface area contributed by atoms with Crippen LogP contribution in [0.2, 0.25) is 0 Å². The second-order valence-electron chi connectivity index (χ2n) is 6.02. The van der Waals surface area contributed by atoms with Crippen LogP contribution < -0.4 is 14.2 Å². The third kappa shape index (κ3) is 6.37. The van der Waals surface area contributed by atoms with E-state index in [1.165, 1.54) is 44.6 Å². The molecule has 0 aliphatic carbocycles. The fraction of sp³-hybridized carbons (Fsp3) is 0.105. The number of carbonyl (C=O) groups excluding carboxylic acids is 1. The molecule has 0 unspecified atom stereocenters. The normalized spacial score (nSPS) is 11.4. The summed E-state index contributed by atoms with van der Waals surface area (Å²) in [5.41, 5.74) is -0.214. The van der Waals surface area contributed by atoms with E-state index in [-0.39, 0.29) is 34.0 Å². The van der Waals surface area contributed by atoms with Crippen LogP contribution >= 0.6 is 0 Å². The Morgan fingerprint density at radius 3 is 1.81 bits per heavy atom. The zero-order valence-corrected chi connectivity index (χ0v) is 17.6. The van der Waals surface area contributed by atoms with Gasteiger partial charge in [0.15, 0.2) is 11.5 Å². The highest BCUT2D eigenvalue weighted by atomic mass is 32.2. The number of nitro groups is 2. The van der Waals surface area contributed by atoms with Crippen molar-refractivity contribution in [2.75, 3.05) is 14.2 Å². The Balaban J connectivity index is 2.13. The lowest BCUT2D eigenvalue weighted by Crippen LogP contribution is -2.26. The molecule has 13 heteroatoms. The van der Waals surface area contributed by atoms with Crippen molar-refractivity contribution in [3.05, 3.63) is 79.2 Å². The number of ether oxygens (including phenoxy) is 2. The van der Waals surface area contributed by atoms with Crippen LogP contribution in [0.4, 0.5) is 11.4 Å². The molecule has 0 spiro atoms. The Hall–Kier alpha value is -4.26. The van der Waals surface area contributed by atoms with Gasteiger partial charge in [-0.2, -0.15) is 0 Å². The number of hydrogen-bond donors (Lipinski definition) is 1. The van der Waals surface area contributed by atoms with Crippen LogP contribution in [0.1, 0.15) is 11.1 Å². The molecule has 2 aromatic carbocycles. The van der Waals surface area contributed by atoms with Crippen molar-refractivity contribution in [3.8, 4) is 11.5 Å². The SMILES string of the molecule is COc1ccc(/C=C\S(=O)(=O)NC(=O)/C=C/c2ccc(OC)c([N+](=O)[O-])c2)cc1[N+](=O)[O-]. The van der Waals surface area contributed by atoms with E-state index in [0.717, 1.165) is 24.3 Å². The van der Waals surface area contributed by atoms with Gasteiger partial charge in [-0.3, -0.25) is 25.0 Å². The van der Waals surface area contributed by atoms with E-state index < -0.39 is 25.8 Å². The highest BCUT2D eigenvalue weighted by Crippen LogP contribution is 2.29. The monoisotopic (exact) mass is 463 g/mol. The van der Waals surface area contributed by atoms with Crippen LogP contribution in [-0.4, -0.2) is 38.4 Å². The average molecular weight is 463 g/mol. The largest absolute Gasteiger partial charge is 0.490 e. The molecule has 12 nitrogen and oxygen atoms in total. The highest BCUT2D eigenvalue weighted by Gasteiger charge is 2.16. The molecule has 168 valence electrons. The number of carbonyl (C=O) groups is 1. The zero-order chi connectivity index (χ0) is 23.9. The second kappa shape index (κ2) is 10.2. The first-order chi connectivity index (χ1) is 15.1. The molecule has 0 aromatic heterocycles. The van der Waals surface area contributed by atoms with Gasteiger partial charge < -0.3 is 9.47 Å². The van der Waals surface area contributed by atoms with Gasteiger partial charge in [0.2, 0.25) is 0 Å². The number of nitro benzene ring substituents is 2. The summed E-state index contributed by atoms with van der Waals surface area (Å²) in [6, 6.07) is 7.76. The van der Waals surface area contributed by atoms with E-state index in [2.05, 4.69) is 0 Å². The van der Waals surface area contributed by atoms with Gasteiger partial charge in [0, 0.05) is 18.2 Å². The van der Waals surface area contributed by atoms with Crippen molar-refractivity contribution >= 4 is 39.5 Å². The summed E-state index contributed by atoms with van der Waals surface area (Å²) in [4.78, 5) is 32.7. The maximum absolute atomic E-state index is 12.1. The number of benzene rings is 2. The second-order valence-corrected chi connectivity index (χ2v) is 7.59. The zero-order valence-electron chi connectivity index (χ0n) is 16.8. The minimum absolute atomic E-state index is 0.00668. The highest BCUT2D eigenvalue weighted by molar-refractivity contribution is 7.93. The maximum Gasteiger partial charge on any atom is 0.311 e. The summed E-state index contributed by atoms with van der Waals surface area (Å²) >= 11 is 0. The molecule has 0 saturated carbocycles. The molecule has 0 saturated heterocycles. The van der Waals surface area contributed by atoms with Gasteiger partial charge in [-0.15, -0.1) is 0 Å². The first-order valence-corrected chi connectivity index (χ1v) is 10.2. The average Bonchev–Trinajstić information content (AvgIpc) is 2.75. The number of sulfonamides is 1. The number of nitrogens with one attached hydrogen (secondary N) is 1. The summed E-state index contributed by atoms with van der Waals surface area (Å²) in [5.74, 6) is -0.968. The number of methoxy groups -OCH3 is 2. The Labute approximate surface area is 182 Å². The van der Waals surface area contributed by atoms with Gasteiger partial charge in [-0.1, -0.05) is 12.1 Å². The van der Waals surface area contributed by atoms with Crippen molar-refractivity contribution in [2.24, 2.45) is 0 Å². The van der Waals surface area contributed by atoms with Crippen molar-refractivity contribution in [1.29, 1.82) is 0 Å². The molecule has 1 amide bonds. The maximum atomic E-state index is 12.1. The molecule has 0 aliphatic heterocycles. The first-order valence-electron chi connectivity index (χ1n) is 8.64. The van der Waals surface area contributed by atoms with Gasteiger partial charge >= 0.3 is 11.4 Å². The molecule has 0 radical (unpaired) electrons. The summed E-state index contributed by atoms with van der Waals surface area (Å²) < 4.78 is 35.7. The molecular formula is C19H17N3O9S. The molecule has 1 N–H and O–H groups in total. The first kappa shape index (κ1) is 24.0. The number of rotatable bonds is 9. The van der Waals surface area contributed by atoms with Crippen molar-refractivity contribution < 1.29 is 32.5 Å². The fourth-order valence-corrected chi connectivity index (χ4v) is 3.21. The van der Waals surface area contributed by atoms with E-state index in [1.54, 1.807) is 4.72 Å². The molecule has 32 heavy (non-hydrogen) atoms. The smallest absolute Gasteiger partial charge is 0.311 e. The molecule has 0 atom stereocenters. The van der Waals surface area contributed by atoms with Gasteiger partial charge in [-0.05, 0) is 35.4 Å². The van der Waals surface area contributed by atoms with Crippen LogP contribution in [0.3, 0.4) is 0 Å². The van der Waals surface area contributed by atoms with E-state index in [9.17, 15) is 33.4 Å². The standard InChI is InChI=1S/C19H17N3O9S/c1-30-17-6-3-13(11-15(17)21(24)25)5-8-19(23)20-32(28,29)10-9-14-4-7-18(31-2)16(12-14)22(26)27/h3-12H,1-2H3,(H,20,23)/b8-5+,10-9-. The fourth-order valence-electron chi connectivity index (χ4n) is 2.46. The van der Waals surface area contributed by atoms with E-state index >= 15 is 0 Å².